The maximum atomic E-state index is 12.7. The zero-order valence-electron chi connectivity index (χ0n) is 13.0. The van der Waals surface area contributed by atoms with Gasteiger partial charge in [-0.05, 0) is 18.9 Å². The number of rotatable bonds is 4. The lowest BCUT2D eigenvalue weighted by molar-refractivity contribution is -0.134. The van der Waals surface area contributed by atoms with Crippen molar-refractivity contribution in [3.63, 3.8) is 0 Å². The molecule has 0 aliphatic carbocycles. The van der Waals surface area contributed by atoms with Crippen molar-refractivity contribution in [2.75, 3.05) is 0 Å². The molecule has 23 heavy (non-hydrogen) atoms. The van der Waals surface area contributed by atoms with E-state index in [0.717, 1.165) is 6.07 Å². The van der Waals surface area contributed by atoms with E-state index in [4.69, 9.17) is 4.52 Å². The summed E-state index contributed by atoms with van der Waals surface area (Å²) >= 11 is 0.569. The number of aromatic nitrogens is 2. The molecule has 0 spiro atoms. The number of amides is 1. The number of hydrogen-bond donors (Lipinski definition) is 1. The summed E-state index contributed by atoms with van der Waals surface area (Å²) in [6, 6.07) is 0.977. The van der Waals surface area contributed by atoms with Gasteiger partial charge >= 0.3 is 6.18 Å². The highest BCUT2D eigenvalue weighted by Gasteiger charge is 2.38. The molecule has 0 aromatic carbocycles. The predicted octanol–water partition coefficient (Wildman–Crippen LogP) is 3.82. The Hall–Kier alpha value is -1.90. The number of carbonyl (C=O) groups excluding carboxylic acids is 1. The quantitative estimate of drug-likeness (QED) is 0.913. The molecule has 2 heterocycles. The van der Waals surface area contributed by atoms with Crippen LogP contribution in [0.15, 0.2) is 16.0 Å². The first-order chi connectivity index (χ1) is 10.5. The molecule has 1 atom stereocenters. The monoisotopic (exact) mass is 347 g/mol. The van der Waals surface area contributed by atoms with E-state index in [1.165, 1.54) is 12.3 Å². The molecule has 0 bridgehead atoms. The number of hydrogen-bond acceptors (Lipinski definition) is 5. The Bertz CT molecular complexity index is 708. The number of alkyl halides is 3. The van der Waals surface area contributed by atoms with Crippen LogP contribution >= 0.6 is 11.3 Å². The lowest BCUT2D eigenvalue weighted by atomic mass is 9.88. The highest BCUT2D eigenvalue weighted by atomic mass is 32.1. The molecule has 0 radical (unpaired) electrons. The highest BCUT2D eigenvalue weighted by molar-refractivity contribution is 7.10. The van der Waals surface area contributed by atoms with Crippen LogP contribution in [0.5, 0.6) is 0 Å². The normalized spacial score (nSPS) is 14.8. The van der Waals surface area contributed by atoms with E-state index in [1.54, 1.807) is 6.92 Å². The van der Waals surface area contributed by atoms with Crippen LogP contribution in [0.25, 0.3) is 11.4 Å². The molecule has 1 amide bonds. The standard InChI is InChI=1S/C14H16F3N3O2S/c1-7(2)13(4,19-8(3)21)12-18-11(20-22-12)9-5-10(23-6-9)14(15,16)17/h5-7H,1-4H3,(H,19,21). The van der Waals surface area contributed by atoms with Crippen molar-refractivity contribution in [2.24, 2.45) is 5.92 Å². The van der Waals surface area contributed by atoms with Crippen LogP contribution in [0.3, 0.4) is 0 Å². The van der Waals surface area contributed by atoms with Crippen molar-refractivity contribution in [3.05, 3.63) is 22.2 Å². The third-order valence-electron chi connectivity index (χ3n) is 3.60. The Morgan fingerprint density at radius 3 is 2.52 bits per heavy atom. The van der Waals surface area contributed by atoms with Crippen LogP contribution in [-0.2, 0) is 16.5 Å². The summed E-state index contributed by atoms with van der Waals surface area (Å²) in [6.07, 6.45) is -4.40. The van der Waals surface area contributed by atoms with Crippen LogP contribution in [0.1, 0.15) is 38.5 Å². The fourth-order valence-corrected chi connectivity index (χ4v) is 2.72. The zero-order valence-corrected chi connectivity index (χ0v) is 13.8. The lowest BCUT2D eigenvalue weighted by Gasteiger charge is -2.30. The number of carbonyl (C=O) groups is 1. The van der Waals surface area contributed by atoms with E-state index in [9.17, 15) is 18.0 Å². The summed E-state index contributed by atoms with van der Waals surface area (Å²) in [5.74, 6) is -0.120. The molecule has 0 saturated heterocycles. The minimum Gasteiger partial charge on any atom is -0.342 e. The van der Waals surface area contributed by atoms with Gasteiger partial charge in [-0.25, -0.2) is 0 Å². The third-order valence-corrected chi connectivity index (χ3v) is 4.57. The Morgan fingerprint density at radius 1 is 1.39 bits per heavy atom. The van der Waals surface area contributed by atoms with Gasteiger partial charge < -0.3 is 9.84 Å². The molecule has 0 saturated carbocycles. The molecule has 0 aliphatic heterocycles. The van der Waals surface area contributed by atoms with E-state index >= 15 is 0 Å². The summed E-state index contributed by atoms with van der Waals surface area (Å²) < 4.78 is 43.2. The topological polar surface area (TPSA) is 68.0 Å². The van der Waals surface area contributed by atoms with Crippen molar-refractivity contribution in [1.29, 1.82) is 0 Å². The SMILES string of the molecule is CC(=O)NC(C)(c1nc(-c2csc(C(F)(F)F)c2)no1)C(C)C. The Morgan fingerprint density at radius 2 is 2.04 bits per heavy atom. The summed E-state index contributed by atoms with van der Waals surface area (Å²) in [6.45, 7) is 6.83. The second-order valence-corrected chi connectivity index (χ2v) is 6.57. The Balaban J connectivity index is 2.36. The third kappa shape index (κ3) is 3.54. The van der Waals surface area contributed by atoms with E-state index in [0.29, 0.717) is 11.3 Å². The average Bonchev–Trinajstić information content (AvgIpc) is 3.06. The van der Waals surface area contributed by atoms with E-state index in [1.807, 2.05) is 13.8 Å². The van der Waals surface area contributed by atoms with E-state index < -0.39 is 16.6 Å². The van der Waals surface area contributed by atoms with Crippen LogP contribution in [-0.4, -0.2) is 16.0 Å². The summed E-state index contributed by atoms with van der Waals surface area (Å²) in [4.78, 5) is 14.8. The molecular formula is C14H16F3N3O2S. The molecule has 0 fully saturated rings. The van der Waals surface area contributed by atoms with Gasteiger partial charge in [0.1, 0.15) is 10.4 Å². The first kappa shape index (κ1) is 17.5. The maximum Gasteiger partial charge on any atom is 0.425 e. The minimum atomic E-state index is -4.40. The van der Waals surface area contributed by atoms with Gasteiger partial charge in [0.05, 0.1) is 0 Å². The molecule has 2 rings (SSSR count). The average molecular weight is 347 g/mol. The Kier molecular flexibility index (Phi) is 4.52. The Labute approximate surface area is 134 Å². The number of thiophene rings is 1. The van der Waals surface area contributed by atoms with Gasteiger partial charge in [0.25, 0.3) is 5.89 Å². The molecule has 1 unspecified atom stereocenters. The maximum absolute atomic E-state index is 12.7. The highest BCUT2D eigenvalue weighted by Crippen LogP contribution is 2.37. The van der Waals surface area contributed by atoms with Gasteiger partial charge in [0.2, 0.25) is 11.7 Å². The second-order valence-electron chi connectivity index (χ2n) is 5.66. The van der Waals surface area contributed by atoms with Gasteiger partial charge in [-0.3, -0.25) is 4.79 Å². The van der Waals surface area contributed by atoms with Gasteiger partial charge in [-0.2, -0.15) is 18.2 Å². The fourth-order valence-electron chi connectivity index (χ4n) is 1.96. The first-order valence-corrected chi connectivity index (χ1v) is 7.71. The predicted molar refractivity (Wildman–Crippen MR) is 78.6 cm³/mol. The lowest BCUT2D eigenvalue weighted by Crippen LogP contribution is -2.46. The van der Waals surface area contributed by atoms with Crippen LogP contribution in [0, 0.1) is 5.92 Å². The largest absolute Gasteiger partial charge is 0.425 e. The molecule has 1 N–H and O–H groups in total. The summed E-state index contributed by atoms with van der Waals surface area (Å²) in [7, 11) is 0. The van der Waals surface area contributed by atoms with E-state index in [2.05, 4.69) is 15.5 Å². The zero-order chi connectivity index (χ0) is 17.4. The summed E-state index contributed by atoms with van der Waals surface area (Å²) in [5.41, 5.74) is -0.675. The van der Waals surface area contributed by atoms with Gasteiger partial charge in [0.15, 0.2) is 0 Å². The first-order valence-electron chi connectivity index (χ1n) is 6.83. The van der Waals surface area contributed by atoms with E-state index in [-0.39, 0.29) is 29.1 Å². The molecule has 2 aromatic heterocycles. The molecule has 0 aliphatic rings. The van der Waals surface area contributed by atoms with Crippen molar-refractivity contribution < 1.29 is 22.5 Å². The molecule has 9 heteroatoms. The van der Waals surface area contributed by atoms with Crippen LogP contribution in [0.2, 0.25) is 0 Å². The summed E-state index contributed by atoms with van der Waals surface area (Å²) in [5, 5.41) is 7.82. The fraction of sp³-hybridized carbons (Fsp3) is 0.500. The van der Waals surface area contributed by atoms with Gasteiger partial charge in [-0.1, -0.05) is 19.0 Å². The number of halogens is 3. The van der Waals surface area contributed by atoms with Gasteiger partial charge in [0, 0.05) is 17.9 Å². The van der Waals surface area contributed by atoms with Crippen LogP contribution < -0.4 is 5.32 Å². The second kappa shape index (κ2) is 5.95. The van der Waals surface area contributed by atoms with Crippen molar-refractivity contribution in [3.8, 4) is 11.4 Å². The minimum absolute atomic E-state index is 0.0592. The number of nitrogens with zero attached hydrogens (tertiary/aromatic N) is 2. The molecular weight excluding hydrogens is 331 g/mol. The van der Waals surface area contributed by atoms with Crippen molar-refractivity contribution in [1.82, 2.24) is 15.5 Å². The van der Waals surface area contributed by atoms with Crippen molar-refractivity contribution in [2.45, 2.75) is 39.4 Å². The number of nitrogens with one attached hydrogen (secondary N) is 1. The van der Waals surface area contributed by atoms with Crippen molar-refractivity contribution >= 4 is 17.2 Å². The smallest absolute Gasteiger partial charge is 0.342 e. The molecule has 126 valence electrons. The van der Waals surface area contributed by atoms with Crippen LogP contribution in [0.4, 0.5) is 13.2 Å². The molecule has 5 nitrogen and oxygen atoms in total. The molecule has 2 aromatic rings. The van der Waals surface area contributed by atoms with Gasteiger partial charge in [-0.15, -0.1) is 11.3 Å².